The summed E-state index contributed by atoms with van der Waals surface area (Å²) in [5, 5.41) is 5.39. The number of carbonyl (C=O) groups is 1. The van der Waals surface area contributed by atoms with Crippen molar-refractivity contribution in [1.82, 2.24) is 15.1 Å². The number of rotatable bonds is 4. The zero-order valence-electron chi connectivity index (χ0n) is 17.2. The molecule has 2 aromatic rings. The summed E-state index contributed by atoms with van der Waals surface area (Å²) in [6.45, 7) is 3.89. The Labute approximate surface area is 167 Å². The van der Waals surface area contributed by atoms with E-state index in [4.69, 9.17) is 4.74 Å². The highest BCUT2D eigenvalue weighted by Crippen LogP contribution is 2.43. The van der Waals surface area contributed by atoms with Gasteiger partial charge in [-0.25, -0.2) is 0 Å². The molecule has 2 aliphatic rings. The zero-order chi connectivity index (χ0) is 19.7. The Hall–Kier alpha value is -2.11. The van der Waals surface area contributed by atoms with E-state index >= 15 is 0 Å². The quantitative estimate of drug-likeness (QED) is 0.885. The fourth-order valence-electron chi connectivity index (χ4n) is 5.18. The van der Waals surface area contributed by atoms with Gasteiger partial charge in [-0.15, -0.1) is 0 Å². The van der Waals surface area contributed by atoms with Gasteiger partial charge in [-0.05, 0) is 73.9 Å². The third-order valence-corrected chi connectivity index (χ3v) is 6.75. The average Bonchev–Trinajstić information content (AvgIpc) is 2.73. The van der Waals surface area contributed by atoms with Crippen LogP contribution in [0.2, 0.25) is 0 Å². The fraction of sp³-hybridized carbons (Fsp3) is 0.522. The normalized spacial score (nSPS) is 26.0. The van der Waals surface area contributed by atoms with Gasteiger partial charge in [-0.3, -0.25) is 9.69 Å². The number of benzene rings is 2. The van der Waals surface area contributed by atoms with Gasteiger partial charge in [0.05, 0.1) is 12.5 Å². The summed E-state index contributed by atoms with van der Waals surface area (Å²) >= 11 is 0. The number of fused-ring (bicyclic) bond motifs is 2. The molecular formula is C23H31N3O2. The maximum Gasteiger partial charge on any atom is 0.227 e. The lowest BCUT2D eigenvalue weighted by Crippen LogP contribution is -2.64. The van der Waals surface area contributed by atoms with E-state index in [0.717, 1.165) is 51.2 Å². The van der Waals surface area contributed by atoms with Crippen LogP contribution >= 0.6 is 0 Å². The maximum atomic E-state index is 12.9. The number of nitrogens with one attached hydrogen (secondary N) is 1. The van der Waals surface area contributed by atoms with Crippen molar-refractivity contribution in [2.75, 3.05) is 40.8 Å². The Morgan fingerprint density at radius 1 is 1.18 bits per heavy atom. The fourth-order valence-corrected chi connectivity index (χ4v) is 5.18. The molecule has 28 heavy (non-hydrogen) atoms. The molecule has 4 rings (SSSR count). The van der Waals surface area contributed by atoms with Crippen LogP contribution in [-0.2, 0) is 11.3 Å². The molecule has 2 heterocycles. The van der Waals surface area contributed by atoms with Gasteiger partial charge in [0.2, 0.25) is 5.91 Å². The summed E-state index contributed by atoms with van der Waals surface area (Å²) in [6.07, 6.45) is 3.03. The predicted octanol–water partition coefficient (Wildman–Crippen LogP) is 2.88. The van der Waals surface area contributed by atoms with E-state index in [1.165, 1.54) is 16.3 Å². The Balaban J connectivity index is 1.61. The average molecular weight is 382 g/mol. The molecule has 0 saturated carbocycles. The largest absolute Gasteiger partial charge is 0.497 e. The van der Waals surface area contributed by atoms with Crippen molar-refractivity contribution in [3.63, 3.8) is 0 Å². The first kappa shape index (κ1) is 19.2. The van der Waals surface area contributed by atoms with E-state index in [1.807, 2.05) is 6.07 Å². The molecule has 1 amide bonds. The minimum absolute atomic E-state index is 0.223. The van der Waals surface area contributed by atoms with Crippen LogP contribution in [0.3, 0.4) is 0 Å². The van der Waals surface area contributed by atoms with Crippen LogP contribution in [-0.4, -0.2) is 62.6 Å². The summed E-state index contributed by atoms with van der Waals surface area (Å²) in [4.78, 5) is 17.8. The minimum atomic E-state index is -0.246. The lowest BCUT2D eigenvalue weighted by Gasteiger charge is -2.53. The van der Waals surface area contributed by atoms with Gasteiger partial charge >= 0.3 is 0 Å². The summed E-state index contributed by atoms with van der Waals surface area (Å²) in [6, 6.07) is 13.1. The van der Waals surface area contributed by atoms with Gasteiger partial charge in [0.15, 0.2) is 0 Å². The molecule has 0 bridgehead atoms. The smallest absolute Gasteiger partial charge is 0.227 e. The first-order valence-corrected chi connectivity index (χ1v) is 10.3. The Bertz CT molecular complexity index is 868. The molecule has 0 aliphatic carbocycles. The van der Waals surface area contributed by atoms with Gasteiger partial charge in [0, 0.05) is 26.2 Å². The Morgan fingerprint density at radius 2 is 1.96 bits per heavy atom. The molecule has 2 fully saturated rings. The van der Waals surface area contributed by atoms with E-state index in [-0.39, 0.29) is 17.4 Å². The van der Waals surface area contributed by atoms with E-state index in [2.05, 4.69) is 52.5 Å². The van der Waals surface area contributed by atoms with E-state index in [1.54, 1.807) is 14.2 Å². The molecule has 1 N–H and O–H groups in total. The molecule has 2 atom stereocenters. The molecule has 5 nitrogen and oxygen atoms in total. The van der Waals surface area contributed by atoms with Crippen molar-refractivity contribution >= 4 is 16.7 Å². The Morgan fingerprint density at radius 3 is 2.75 bits per heavy atom. The van der Waals surface area contributed by atoms with Crippen LogP contribution in [0.15, 0.2) is 36.4 Å². The number of hydrogen-bond acceptors (Lipinski definition) is 4. The van der Waals surface area contributed by atoms with Crippen LogP contribution in [0.25, 0.3) is 10.8 Å². The molecule has 0 spiro atoms. The van der Waals surface area contributed by atoms with Gasteiger partial charge < -0.3 is 15.0 Å². The van der Waals surface area contributed by atoms with E-state index < -0.39 is 0 Å². The van der Waals surface area contributed by atoms with Gasteiger partial charge in [0.1, 0.15) is 5.75 Å². The van der Waals surface area contributed by atoms with Gasteiger partial charge in [0.25, 0.3) is 0 Å². The standard InChI is InChI=1S/C23H31N3O2/c1-24-22(27)23-9-4-11-26(21(23)16-25(2)12-10-23)15-17-5-6-19-14-20(28-3)8-7-18(19)13-17/h5-8,13-14,21H,4,9-12,15-16H2,1-3H3,(H,24,27)/t21-,23+/m0/s1. The number of piperidine rings is 2. The van der Waals surface area contributed by atoms with Crippen molar-refractivity contribution in [2.45, 2.75) is 31.8 Å². The zero-order valence-corrected chi connectivity index (χ0v) is 17.2. The lowest BCUT2D eigenvalue weighted by molar-refractivity contribution is -0.144. The summed E-state index contributed by atoms with van der Waals surface area (Å²) in [5.41, 5.74) is 1.06. The number of ether oxygens (including phenoxy) is 1. The third kappa shape index (κ3) is 3.38. The highest BCUT2D eigenvalue weighted by molar-refractivity contribution is 5.85. The molecule has 2 aliphatic heterocycles. The maximum absolute atomic E-state index is 12.9. The number of nitrogens with zero attached hydrogens (tertiary/aromatic N) is 2. The molecule has 150 valence electrons. The van der Waals surface area contributed by atoms with Crippen LogP contribution in [0.5, 0.6) is 5.75 Å². The summed E-state index contributed by atoms with van der Waals surface area (Å²) in [5.74, 6) is 1.11. The topological polar surface area (TPSA) is 44.8 Å². The second kappa shape index (κ2) is 7.72. The molecule has 0 aromatic heterocycles. The number of methoxy groups -OCH3 is 1. The number of likely N-dealkylation sites (N-methyl/N-ethyl adjacent to an activating group) is 1. The van der Waals surface area contributed by atoms with Crippen molar-refractivity contribution in [3.05, 3.63) is 42.0 Å². The second-order valence-electron chi connectivity index (χ2n) is 8.38. The van der Waals surface area contributed by atoms with Crippen LogP contribution in [0, 0.1) is 5.41 Å². The van der Waals surface area contributed by atoms with Crippen LogP contribution in [0.4, 0.5) is 0 Å². The van der Waals surface area contributed by atoms with Crippen molar-refractivity contribution in [3.8, 4) is 5.75 Å². The van der Waals surface area contributed by atoms with Crippen LogP contribution in [0.1, 0.15) is 24.8 Å². The number of amides is 1. The summed E-state index contributed by atoms with van der Waals surface area (Å²) in [7, 11) is 5.65. The Kier molecular flexibility index (Phi) is 5.30. The highest BCUT2D eigenvalue weighted by atomic mass is 16.5. The molecule has 0 radical (unpaired) electrons. The molecular weight excluding hydrogens is 350 g/mol. The number of carbonyl (C=O) groups excluding carboxylic acids is 1. The second-order valence-corrected chi connectivity index (χ2v) is 8.38. The van der Waals surface area contributed by atoms with Crippen LogP contribution < -0.4 is 10.1 Å². The van der Waals surface area contributed by atoms with Crippen molar-refractivity contribution < 1.29 is 9.53 Å². The number of likely N-dealkylation sites (tertiary alicyclic amines) is 2. The third-order valence-electron chi connectivity index (χ3n) is 6.75. The van der Waals surface area contributed by atoms with E-state index in [0.29, 0.717) is 0 Å². The first-order chi connectivity index (χ1) is 13.6. The molecule has 2 saturated heterocycles. The lowest BCUT2D eigenvalue weighted by atomic mass is 9.67. The molecule has 2 aromatic carbocycles. The highest BCUT2D eigenvalue weighted by Gasteiger charge is 2.51. The van der Waals surface area contributed by atoms with Crippen molar-refractivity contribution in [1.29, 1.82) is 0 Å². The van der Waals surface area contributed by atoms with Gasteiger partial charge in [-0.1, -0.05) is 18.2 Å². The SMILES string of the molecule is CNC(=O)[C@@]12CCCN(Cc3ccc4cc(OC)ccc4c3)[C@H]1CN(C)CC2. The monoisotopic (exact) mass is 381 g/mol. The first-order valence-electron chi connectivity index (χ1n) is 10.3. The van der Waals surface area contributed by atoms with E-state index in [9.17, 15) is 4.79 Å². The van der Waals surface area contributed by atoms with Crippen molar-refractivity contribution in [2.24, 2.45) is 5.41 Å². The summed E-state index contributed by atoms with van der Waals surface area (Å²) < 4.78 is 5.34. The predicted molar refractivity (Wildman–Crippen MR) is 113 cm³/mol. The molecule has 0 unspecified atom stereocenters. The molecule has 5 heteroatoms. The minimum Gasteiger partial charge on any atom is -0.497 e. The number of hydrogen-bond donors (Lipinski definition) is 1. The van der Waals surface area contributed by atoms with Gasteiger partial charge in [-0.2, -0.15) is 0 Å².